The van der Waals surface area contributed by atoms with Crippen LogP contribution in [0.5, 0.6) is 5.75 Å². The van der Waals surface area contributed by atoms with Crippen molar-refractivity contribution in [2.24, 2.45) is 17.8 Å². The Balaban J connectivity index is 1.41. The summed E-state index contributed by atoms with van der Waals surface area (Å²) in [5, 5.41) is 12.3. The number of rotatable bonds is 6. The summed E-state index contributed by atoms with van der Waals surface area (Å²) in [4.78, 5) is 10.7. The Morgan fingerprint density at radius 3 is 2.17 bits per heavy atom. The van der Waals surface area contributed by atoms with Crippen molar-refractivity contribution in [3.63, 3.8) is 0 Å². The third kappa shape index (κ3) is 3.60. The first-order valence-electron chi connectivity index (χ1n) is 11.0. The number of anilines is 2. The van der Waals surface area contributed by atoms with E-state index >= 15 is 0 Å². The van der Waals surface area contributed by atoms with Crippen LogP contribution >= 0.6 is 0 Å². The highest BCUT2D eigenvalue weighted by molar-refractivity contribution is 5.85. The van der Waals surface area contributed by atoms with Crippen molar-refractivity contribution in [2.75, 3.05) is 12.4 Å². The van der Waals surface area contributed by atoms with Gasteiger partial charge in [0.25, 0.3) is 0 Å². The minimum absolute atomic E-state index is 0.281. The zero-order valence-electron chi connectivity index (χ0n) is 17.4. The van der Waals surface area contributed by atoms with E-state index in [0.29, 0.717) is 0 Å². The average molecular weight is 404 g/mol. The lowest BCUT2D eigenvalue weighted by atomic mass is 9.48. The number of carboxylic acid groups (broad SMARTS) is 1. The normalized spacial score (nSPS) is 29.3. The maximum absolute atomic E-state index is 10.7. The van der Waals surface area contributed by atoms with E-state index in [9.17, 15) is 4.79 Å². The lowest BCUT2D eigenvalue weighted by molar-refractivity contribution is -0.131. The van der Waals surface area contributed by atoms with Crippen molar-refractivity contribution in [3.05, 3.63) is 59.7 Å². The van der Waals surface area contributed by atoms with Crippen molar-refractivity contribution < 1.29 is 14.6 Å². The summed E-state index contributed by atoms with van der Waals surface area (Å²) in [6.07, 6.45) is 11.0. The van der Waals surface area contributed by atoms with Gasteiger partial charge in [-0.25, -0.2) is 4.79 Å². The van der Waals surface area contributed by atoms with Crippen LogP contribution in [0, 0.1) is 17.8 Å². The van der Waals surface area contributed by atoms with Crippen molar-refractivity contribution in [1.82, 2.24) is 0 Å². The smallest absolute Gasteiger partial charge is 0.328 e. The number of ether oxygens (including phenoxy) is 1. The van der Waals surface area contributed by atoms with Gasteiger partial charge < -0.3 is 15.2 Å². The molecule has 0 heterocycles. The molecule has 6 rings (SSSR count). The van der Waals surface area contributed by atoms with Crippen molar-refractivity contribution >= 4 is 23.4 Å². The Morgan fingerprint density at radius 2 is 1.60 bits per heavy atom. The molecule has 0 amide bonds. The molecule has 4 fully saturated rings. The summed E-state index contributed by atoms with van der Waals surface area (Å²) >= 11 is 0. The van der Waals surface area contributed by atoms with E-state index in [1.54, 1.807) is 13.2 Å². The van der Waals surface area contributed by atoms with Gasteiger partial charge in [-0.2, -0.15) is 0 Å². The Hall–Kier alpha value is -2.75. The molecule has 4 bridgehead atoms. The fourth-order valence-electron chi connectivity index (χ4n) is 6.65. The summed E-state index contributed by atoms with van der Waals surface area (Å²) in [7, 11) is 1.79. The molecule has 4 heteroatoms. The summed E-state index contributed by atoms with van der Waals surface area (Å²) in [5.74, 6) is 2.77. The second-order valence-electron chi connectivity index (χ2n) is 9.53. The van der Waals surface area contributed by atoms with E-state index in [1.165, 1.54) is 44.1 Å². The Morgan fingerprint density at radius 1 is 1.00 bits per heavy atom. The molecule has 4 nitrogen and oxygen atoms in total. The van der Waals surface area contributed by atoms with Crippen LogP contribution in [-0.4, -0.2) is 18.2 Å². The molecule has 0 aromatic heterocycles. The third-order valence-electron chi connectivity index (χ3n) is 7.43. The number of nitrogens with one attached hydrogen (secondary N) is 1. The number of benzene rings is 2. The van der Waals surface area contributed by atoms with E-state index in [4.69, 9.17) is 9.84 Å². The molecular weight excluding hydrogens is 374 g/mol. The number of carbonyl (C=O) groups is 1. The summed E-state index contributed by atoms with van der Waals surface area (Å²) in [5.41, 5.74) is 4.60. The predicted molar refractivity (Wildman–Crippen MR) is 119 cm³/mol. The number of hydrogen-bond acceptors (Lipinski definition) is 3. The zero-order valence-corrected chi connectivity index (χ0v) is 17.4. The van der Waals surface area contributed by atoms with E-state index < -0.39 is 5.97 Å². The minimum Gasteiger partial charge on any atom is -0.496 e. The summed E-state index contributed by atoms with van der Waals surface area (Å²) in [6.45, 7) is 0. The molecule has 0 atom stereocenters. The fraction of sp³-hybridized carbons (Fsp3) is 0.423. The Bertz CT molecular complexity index is 941. The first-order valence-corrected chi connectivity index (χ1v) is 11.0. The van der Waals surface area contributed by atoms with Gasteiger partial charge in [0.15, 0.2) is 0 Å². The first-order chi connectivity index (χ1) is 14.5. The largest absolute Gasteiger partial charge is 0.496 e. The molecule has 156 valence electrons. The van der Waals surface area contributed by atoms with Crippen LogP contribution in [0.25, 0.3) is 6.08 Å². The lowest BCUT2D eigenvalue weighted by Crippen LogP contribution is -2.48. The molecule has 4 saturated carbocycles. The summed E-state index contributed by atoms with van der Waals surface area (Å²) in [6, 6.07) is 14.3. The van der Waals surface area contributed by atoms with Crippen LogP contribution in [0.15, 0.2) is 48.5 Å². The fourth-order valence-corrected chi connectivity index (χ4v) is 6.65. The molecule has 0 unspecified atom stereocenters. The highest BCUT2D eigenvalue weighted by Crippen LogP contribution is 2.62. The standard InChI is InChI=1S/C26H29NO3/c1-30-24-8-7-22(27-21-5-2-17(3-6-21)4-9-25(28)29)13-23(24)26-14-18-10-19(15-26)12-20(11-18)16-26/h2-9,13,18-20,27H,10-12,14-16H2,1H3,(H,28,29). The van der Waals surface area contributed by atoms with Gasteiger partial charge in [-0.15, -0.1) is 0 Å². The minimum atomic E-state index is -0.937. The van der Waals surface area contributed by atoms with Crippen LogP contribution in [-0.2, 0) is 10.2 Å². The van der Waals surface area contributed by atoms with E-state index in [2.05, 4.69) is 23.5 Å². The van der Waals surface area contributed by atoms with Gasteiger partial charge in [-0.1, -0.05) is 12.1 Å². The van der Waals surface area contributed by atoms with Gasteiger partial charge in [0.2, 0.25) is 0 Å². The quantitative estimate of drug-likeness (QED) is 0.581. The number of aliphatic carboxylic acids is 1. The van der Waals surface area contributed by atoms with E-state index in [1.807, 2.05) is 24.3 Å². The van der Waals surface area contributed by atoms with Gasteiger partial charge >= 0.3 is 5.97 Å². The third-order valence-corrected chi connectivity index (χ3v) is 7.43. The maximum atomic E-state index is 10.7. The molecular formula is C26H29NO3. The van der Waals surface area contributed by atoms with Crippen molar-refractivity contribution in [3.8, 4) is 5.75 Å². The lowest BCUT2D eigenvalue weighted by Gasteiger charge is -2.57. The molecule has 0 saturated heterocycles. The van der Waals surface area contributed by atoms with Crippen LogP contribution in [0.2, 0.25) is 0 Å². The predicted octanol–water partition coefficient (Wildman–Crippen LogP) is 6.00. The van der Waals surface area contributed by atoms with E-state index in [-0.39, 0.29) is 5.41 Å². The van der Waals surface area contributed by atoms with Gasteiger partial charge in [-0.05, 0) is 104 Å². The molecule has 2 aromatic rings. The Kier molecular flexibility index (Phi) is 4.80. The number of methoxy groups -OCH3 is 1. The van der Waals surface area contributed by atoms with E-state index in [0.717, 1.165) is 46.5 Å². The van der Waals surface area contributed by atoms with Gasteiger partial charge in [-0.3, -0.25) is 0 Å². The SMILES string of the molecule is COc1ccc(Nc2ccc(C=CC(=O)O)cc2)cc1C12CC3CC(CC(C3)C1)C2. The monoisotopic (exact) mass is 403 g/mol. The molecule has 0 radical (unpaired) electrons. The number of carboxylic acids is 1. The summed E-state index contributed by atoms with van der Waals surface area (Å²) < 4.78 is 5.82. The molecule has 2 N–H and O–H groups in total. The zero-order chi connectivity index (χ0) is 20.7. The number of hydrogen-bond donors (Lipinski definition) is 2. The molecule has 4 aliphatic carbocycles. The molecule has 4 aliphatic rings. The highest BCUT2D eigenvalue weighted by Gasteiger charge is 2.52. The first kappa shape index (κ1) is 19.2. The highest BCUT2D eigenvalue weighted by atomic mass is 16.5. The molecule has 2 aromatic carbocycles. The molecule has 30 heavy (non-hydrogen) atoms. The van der Waals surface area contributed by atoms with Crippen molar-refractivity contribution in [1.29, 1.82) is 0 Å². The van der Waals surface area contributed by atoms with Gasteiger partial charge in [0, 0.05) is 23.0 Å². The van der Waals surface area contributed by atoms with Gasteiger partial charge in [0.05, 0.1) is 7.11 Å². The second-order valence-corrected chi connectivity index (χ2v) is 9.53. The molecule has 0 spiro atoms. The van der Waals surface area contributed by atoms with Crippen LogP contribution in [0.3, 0.4) is 0 Å². The van der Waals surface area contributed by atoms with Crippen molar-refractivity contribution in [2.45, 2.75) is 43.9 Å². The maximum Gasteiger partial charge on any atom is 0.328 e. The van der Waals surface area contributed by atoms with Crippen LogP contribution in [0.1, 0.15) is 49.7 Å². The Labute approximate surface area is 178 Å². The molecule has 0 aliphatic heterocycles. The second kappa shape index (κ2) is 7.50. The average Bonchev–Trinajstić information content (AvgIpc) is 2.72. The van der Waals surface area contributed by atoms with Gasteiger partial charge in [0.1, 0.15) is 5.75 Å². The van der Waals surface area contributed by atoms with Crippen LogP contribution < -0.4 is 10.1 Å². The topological polar surface area (TPSA) is 58.6 Å². The van der Waals surface area contributed by atoms with Crippen LogP contribution in [0.4, 0.5) is 11.4 Å².